The molecule has 0 aliphatic rings. The first-order valence-electron chi connectivity index (χ1n) is 26.2. The van der Waals surface area contributed by atoms with E-state index in [1.165, 1.54) is 57.2 Å². The number of aromatic nitrogens is 3. The van der Waals surface area contributed by atoms with Crippen molar-refractivity contribution in [1.82, 2.24) is 13.7 Å². The minimum Gasteiger partial charge on any atom is -0.397 e. The number of hydrogen-bond acceptors (Lipinski definition) is 21. The fourth-order valence-corrected chi connectivity index (χ4v) is 12.1. The molecule has 24 nitrogen and oxygen atoms in total. The minimum atomic E-state index is -1.16. The number of rotatable bonds is 14. The van der Waals surface area contributed by atoms with E-state index in [0.717, 1.165) is 13.7 Å². The zero-order valence-corrected chi connectivity index (χ0v) is 44.7. The smallest absolute Gasteiger partial charge is 0.264 e. The van der Waals surface area contributed by atoms with E-state index in [4.69, 9.17) is 48.6 Å². The van der Waals surface area contributed by atoms with Crippen LogP contribution in [0.1, 0.15) is 38.9 Å². The average Bonchev–Trinajstić information content (AvgIpc) is 2.95. The molecule has 24 heteroatoms. The summed E-state index contributed by atoms with van der Waals surface area (Å²) >= 11 is 0. The Morgan fingerprint density at radius 3 is 0.690 bits per heavy atom. The van der Waals surface area contributed by atoms with E-state index >= 15 is 0 Å². The maximum atomic E-state index is 14.3. The molecule has 422 valence electrons. The van der Waals surface area contributed by atoms with Crippen LogP contribution in [0, 0.1) is 0 Å². The van der Waals surface area contributed by atoms with Crippen LogP contribution in [0.4, 0.5) is 34.1 Å². The zero-order valence-electron chi connectivity index (χ0n) is 44.7. The fourth-order valence-electron chi connectivity index (χ4n) is 12.1. The highest BCUT2D eigenvalue weighted by molar-refractivity contribution is 6.23. The Balaban J connectivity index is 0.865. The van der Waals surface area contributed by atoms with E-state index in [0.29, 0.717) is 0 Å². The van der Waals surface area contributed by atoms with Crippen LogP contribution in [0.5, 0.6) is 0 Å². The quantitative estimate of drug-likeness (QED) is 0.0509. The second-order valence-corrected chi connectivity index (χ2v) is 21.1. The summed E-state index contributed by atoms with van der Waals surface area (Å²) in [5, 5.41) is -3.81. The van der Waals surface area contributed by atoms with E-state index in [-0.39, 0.29) is 110 Å². The normalized spacial score (nSPS) is 13.8. The van der Waals surface area contributed by atoms with Gasteiger partial charge < -0.3 is 48.6 Å². The molecule has 0 radical (unpaired) electrons. The van der Waals surface area contributed by atoms with Gasteiger partial charge in [-0.1, -0.05) is 72.8 Å². The van der Waals surface area contributed by atoms with Gasteiger partial charge >= 0.3 is 0 Å². The lowest BCUT2D eigenvalue weighted by Gasteiger charge is -2.23. The Morgan fingerprint density at radius 2 is 0.488 bits per heavy atom. The number of benzene rings is 9. The summed E-state index contributed by atoms with van der Waals surface area (Å²) in [6.07, 6.45) is -1.16. The number of fused-ring (bicyclic) bond motifs is 9. The van der Waals surface area contributed by atoms with Gasteiger partial charge in [0.15, 0.2) is 32.6 Å². The van der Waals surface area contributed by atoms with Gasteiger partial charge in [-0.05, 0) is 20.8 Å². The number of nitrogens with two attached hydrogens (primary N) is 6. The van der Waals surface area contributed by atoms with Crippen LogP contribution < -0.4 is 100 Å². The lowest BCUT2D eigenvalue weighted by molar-refractivity contribution is -0.0730. The molecule has 0 amide bonds. The lowest BCUT2D eigenvalue weighted by Crippen LogP contribution is -2.36. The van der Waals surface area contributed by atoms with Crippen LogP contribution in [-0.2, 0) is 14.2 Å². The monoisotopic (exact) mass is 1130 g/mol. The van der Waals surface area contributed by atoms with E-state index in [1.807, 2.05) is 0 Å². The lowest BCUT2D eigenvalue weighted by atomic mass is 9.97. The zero-order chi connectivity index (χ0) is 60.0. The summed E-state index contributed by atoms with van der Waals surface area (Å²) in [6.45, 7) is 2.38. The van der Waals surface area contributed by atoms with Gasteiger partial charge in [0.05, 0.1) is 150 Å². The van der Waals surface area contributed by atoms with Gasteiger partial charge in [0.1, 0.15) is 6.10 Å². The van der Waals surface area contributed by atoms with Gasteiger partial charge in [-0.3, -0.25) is 71.2 Å². The summed E-state index contributed by atoms with van der Waals surface area (Å²) in [4.78, 5) is 168. The molecule has 0 aliphatic heterocycles. The van der Waals surface area contributed by atoms with E-state index < -0.39 is 144 Å². The molecule has 0 bridgehead atoms. The van der Waals surface area contributed by atoms with Gasteiger partial charge in [0.2, 0.25) is 0 Å². The van der Waals surface area contributed by atoms with Crippen molar-refractivity contribution in [2.45, 2.75) is 45.0 Å². The van der Waals surface area contributed by atoms with Crippen molar-refractivity contribution in [3.05, 3.63) is 196 Å². The second kappa shape index (κ2) is 19.3. The van der Waals surface area contributed by atoms with Crippen molar-refractivity contribution < 1.29 is 14.2 Å². The van der Waals surface area contributed by atoms with Crippen molar-refractivity contribution in [2.75, 3.05) is 67.4 Å². The van der Waals surface area contributed by atoms with E-state index in [9.17, 15) is 57.5 Å². The molecule has 9 aromatic carbocycles. The predicted molar refractivity (Wildman–Crippen MR) is 325 cm³/mol. The third-order valence-electron chi connectivity index (χ3n) is 16.2. The third kappa shape index (κ3) is 7.36. The molecule has 3 aromatic heterocycles. The van der Waals surface area contributed by atoms with Crippen LogP contribution in [0.2, 0.25) is 0 Å². The van der Waals surface area contributed by atoms with Crippen LogP contribution in [0.25, 0.3) is 97.0 Å². The average molecular weight is 1130 g/mol. The first kappa shape index (κ1) is 54.0. The molecule has 84 heavy (non-hydrogen) atoms. The van der Waals surface area contributed by atoms with Gasteiger partial charge in [0, 0.05) is 32.3 Å². The van der Waals surface area contributed by atoms with E-state index in [2.05, 4.69) is 0 Å². The van der Waals surface area contributed by atoms with Crippen molar-refractivity contribution in [3.63, 3.8) is 0 Å². The molecule has 0 fully saturated rings. The number of hydrogen-bond donors (Lipinski definition) is 6. The molecule has 12 rings (SSSR count). The maximum Gasteiger partial charge on any atom is 0.264 e. The summed E-state index contributed by atoms with van der Waals surface area (Å²) in [7, 11) is 0. The third-order valence-corrected chi connectivity index (χ3v) is 16.2. The molecule has 0 saturated heterocycles. The van der Waals surface area contributed by atoms with Crippen LogP contribution in [-0.4, -0.2) is 52.8 Å². The van der Waals surface area contributed by atoms with Gasteiger partial charge in [-0.15, -0.1) is 0 Å². The topological polar surface area (TPSA) is 403 Å². The standard InChI is InChI=1S/C60H47N9O15/c1-21(67-55(76)37-38(56(67)77)44(62)32-31(43(37)61)49(70)25-10-4-5-11-26(25)50(32)71)16-82-19-24(84-18-23(3)69-59(80)41-42(60(69)81)48(66)36-35(47(41)65)53(74)29-14-8-9-15-30(29)54(36)75)20-83-17-22(2)68-57(78)39-40(58(68)79)46(64)34-33(45(39)63)51(72)27-12-6-7-13-28(27)52(34)73/h4-15,21-24H,16-20,61-66H2,1-3H3. The van der Waals surface area contributed by atoms with Crippen molar-refractivity contribution in [1.29, 1.82) is 0 Å². The van der Waals surface area contributed by atoms with Crippen molar-refractivity contribution in [3.8, 4) is 0 Å². The highest BCUT2D eigenvalue weighted by Crippen LogP contribution is 2.35. The summed E-state index contributed by atoms with van der Waals surface area (Å²) in [6, 6.07) is 14.6. The van der Waals surface area contributed by atoms with E-state index in [1.54, 1.807) is 36.4 Å². The Kier molecular flexibility index (Phi) is 12.4. The Morgan fingerprint density at radius 1 is 0.298 bits per heavy atom. The van der Waals surface area contributed by atoms with Gasteiger partial charge in [-0.25, -0.2) is 0 Å². The van der Waals surface area contributed by atoms with Crippen molar-refractivity contribution >= 4 is 131 Å². The maximum absolute atomic E-state index is 14.3. The number of anilines is 6. The first-order chi connectivity index (χ1) is 40.0. The summed E-state index contributed by atoms with van der Waals surface area (Å²) < 4.78 is 20.9. The molecule has 0 saturated carbocycles. The SMILES string of the molecule is CC(COCC(COCC(C)n1c(=O)c2c(N)c3c(=O)c4ccccc4c(=O)c3c(N)c2c1=O)OCC(C)n1c(=O)c2c(N)c3c(=O)c4ccccc4c(=O)c3c(N)c2c1=O)n1c(=O)c2c(N)c3c(=O)c4ccccc4c(=O)c3c(N)c2c1=O. The summed E-state index contributed by atoms with van der Waals surface area (Å²) in [5.41, 5.74) is 26.9. The molecule has 0 spiro atoms. The molecule has 12 aromatic rings. The van der Waals surface area contributed by atoms with Crippen LogP contribution in [0.15, 0.2) is 130 Å². The molecule has 3 heterocycles. The molecule has 12 N–H and O–H groups in total. The Bertz CT molecular complexity index is 5120. The minimum absolute atomic E-state index is 0.0349. The fraction of sp³-hybridized carbons (Fsp3) is 0.200. The van der Waals surface area contributed by atoms with Crippen molar-refractivity contribution in [2.24, 2.45) is 0 Å². The highest BCUT2D eigenvalue weighted by Gasteiger charge is 2.32. The first-order valence-corrected chi connectivity index (χ1v) is 26.2. The molecule has 3 atom stereocenters. The second-order valence-electron chi connectivity index (χ2n) is 21.1. The molecule has 0 aliphatic carbocycles. The van der Waals surface area contributed by atoms with Gasteiger partial charge in [-0.2, -0.15) is 0 Å². The summed E-state index contributed by atoms with van der Waals surface area (Å²) in [5.74, 6) is 0. The molecular weight excluding hydrogens is 1090 g/mol. The van der Waals surface area contributed by atoms with Crippen LogP contribution in [0.3, 0.4) is 0 Å². The Labute approximate surface area is 466 Å². The largest absolute Gasteiger partial charge is 0.397 e. The molecular formula is C60H47N9O15. The van der Waals surface area contributed by atoms with Gasteiger partial charge in [0.25, 0.3) is 33.4 Å². The van der Waals surface area contributed by atoms with Crippen LogP contribution >= 0.6 is 0 Å². The Hall–Kier alpha value is -10.6. The predicted octanol–water partition coefficient (Wildman–Crippen LogP) is 1.41. The number of nitrogens with zero attached hydrogens (tertiary/aromatic N) is 3. The number of ether oxygens (including phenoxy) is 3. The molecule has 3 unspecified atom stereocenters. The number of nitrogen functional groups attached to an aromatic ring is 6. The highest BCUT2D eigenvalue weighted by atomic mass is 16.6.